The molecule has 0 spiro atoms. The summed E-state index contributed by atoms with van der Waals surface area (Å²) in [5.41, 5.74) is 9.45. The Hall–Kier alpha value is -4.12. The average molecular weight is 446 g/mol. The number of morpholine rings is 1. The Morgan fingerprint density at radius 2 is 1.91 bits per heavy atom. The Labute approximate surface area is 188 Å². The molecule has 11 heteroatoms. The molecule has 1 aromatic carbocycles. The molecule has 0 radical (unpaired) electrons. The second-order valence-electron chi connectivity index (χ2n) is 7.74. The second-order valence-corrected chi connectivity index (χ2v) is 7.74. The van der Waals surface area contributed by atoms with Crippen molar-refractivity contribution in [2.24, 2.45) is 0 Å². The first-order valence-electron chi connectivity index (χ1n) is 10.5. The largest absolute Gasteiger partial charge is 0.478 e. The van der Waals surface area contributed by atoms with Gasteiger partial charge in [-0.3, -0.25) is 0 Å². The smallest absolute Gasteiger partial charge is 0.335 e. The molecule has 4 aromatic rings. The molecule has 0 amide bonds. The van der Waals surface area contributed by atoms with Crippen LogP contribution in [0.3, 0.4) is 0 Å². The standard InChI is InChI=1S/C22H22N8O3/c1-13-14(3-2-4-16(13)21(31)32)11-30-12-26-17-19(29-5-7-33-8-6-29)27-18(28-20(17)30)15-9-24-22(23)25-10-15/h2-4,9-10,12H,5-8,11H2,1H3,(H,31,32)(H2,23,24,25). The minimum atomic E-state index is -0.951. The van der Waals surface area contributed by atoms with Crippen molar-refractivity contribution in [1.82, 2.24) is 29.5 Å². The number of hydrogen-bond acceptors (Lipinski definition) is 9. The number of carboxylic acids is 1. The van der Waals surface area contributed by atoms with Crippen molar-refractivity contribution in [2.45, 2.75) is 13.5 Å². The Balaban J connectivity index is 1.63. The molecule has 33 heavy (non-hydrogen) atoms. The first-order valence-corrected chi connectivity index (χ1v) is 10.5. The highest BCUT2D eigenvalue weighted by atomic mass is 16.5. The number of ether oxygens (including phenoxy) is 1. The maximum Gasteiger partial charge on any atom is 0.335 e. The molecular weight excluding hydrogens is 424 g/mol. The van der Waals surface area contributed by atoms with Crippen LogP contribution >= 0.6 is 0 Å². The van der Waals surface area contributed by atoms with Crippen molar-refractivity contribution in [3.8, 4) is 11.4 Å². The molecule has 1 aliphatic heterocycles. The van der Waals surface area contributed by atoms with Crippen molar-refractivity contribution in [3.63, 3.8) is 0 Å². The molecule has 0 atom stereocenters. The predicted molar refractivity (Wildman–Crippen MR) is 121 cm³/mol. The molecule has 5 rings (SSSR count). The molecule has 0 saturated carbocycles. The van der Waals surface area contributed by atoms with E-state index in [9.17, 15) is 9.90 Å². The molecule has 3 aromatic heterocycles. The van der Waals surface area contributed by atoms with E-state index in [2.05, 4.69) is 19.9 Å². The number of nitrogens with two attached hydrogens (primary N) is 1. The van der Waals surface area contributed by atoms with Crippen molar-refractivity contribution >= 4 is 28.9 Å². The van der Waals surface area contributed by atoms with Crippen molar-refractivity contribution in [3.05, 3.63) is 53.6 Å². The lowest BCUT2D eigenvalue weighted by Crippen LogP contribution is -2.37. The molecule has 0 aliphatic carbocycles. The van der Waals surface area contributed by atoms with Crippen LogP contribution in [0.15, 0.2) is 36.9 Å². The summed E-state index contributed by atoms with van der Waals surface area (Å²) in [5.74, 6) is 0.395. The first-order chi connectivity index (χ1) is 16.0. The van der Waals surface area contributed by atoms with E-state index in [0.717, 1.165) is 5.56 Å². The SMILES string of the molecule is Cc1c(Cn2cnc3c(N4CCOCC4)nc(-c4cnc(N)nc4)nc32)cccc1C(=O)O. The number of hydrogen-bond donors (Lipinski definition) is 2. The first kappa shape index (κ1) is 20.8. The summed E-state index contributed by atoms with van der Waals surface area (Å²) in [6.07, 6.45) is 4.89. The lowest BCUT2D eigenvalue weighted by Gasteiger charge is -2.28. The lowest BCUT2D eigenvalue weighted by molar-refractivity contribution is 0.0696. The lowest BCUT2D eigenvalue weighted by atomic mass is 10.0. The number of benzene rings is 1. The normalized spacial score (nSPS) is 14.0. The van der Waals surface area contributed by atoms with Crippen LogP contribution in [0.1, 0.15) is 21.5 Å². The number of aromatic nitrogens is 6. The van der Waals surface area contributed by atoms with Crippen LogP contribution in [0, 0.1) is 6.92 Å². The van der Waals surface area contributed by atoms with Crippen molar-refractivity contribution < 1.29 is 14.6 Å². The van der Waals surface area contributed by atoms with Gasteiger partial charge in [-0.2, -0.15) is 0 Å². The van der Waals surface area contributed by atoms with Gasteiger partial charge in [0, 0.05) is 25.5 Å². The van der Waals surface area contributed by atoms with E-state index in [0.29, 0.717) is 66.8 Å². The number of imidazole rings is 1. The fraction of sp³-hybridized carbons (Fsp3) is 0.273. The second kappa shape index (κ2) is 8.43. The van der Waals surface area contributed by atoms with Gasteiger partial charge in [0.05, 0.1) is 37.2 Å². The van der Waals surface area contributed by atoms with Crippen LogP contribution in [0.5, 0.6) is 0 Å². The highest BCUT2D eigenvalue weighted by Gasteiger charge is 2.22. The fourth-order valence-electron chi connectivity index (χ4n) is 3.89. The highest BCUT2D eigenvalue weighted by molar-refractivity contribution is 5.90. The van der Waals surface area contributed by atoms with Crippen LogP contribution in [0.2, 0.25) is 0 Å². The van der Waals surface area contributed by atoms with Gasteiger partial charge in [-0.05, 0) is 24.1 Å². The van der Waals surface area contributed by atoms with E-state index >= 15 is 0 Å². The van der Waals surface area contributed by atoms with Crippen molar-refractivity contribution in [1.29, 1.82) is 0 Å². The van der Waals surface area contributed by atoms with Crippen LogP contribution in [0.4, 0.5) is 11.8 Å². The van der Waals surface area contributed by atoms with Crippen LogP contribution in [-0.4, -0.2) is 66.9 Å². The van der Waals surface area contributed by atoms with Crippen LogP contribution in [-0.2, 0) is 11.3 Å². The molecule has 1 saturated heterocycles. The van der Waals surface area contributed by atoms with Gasteiger partial charge < -0.3 is 25.0 Å². The molecule has 0 unspecified atom stereocenters. The van der Waals surface area contributed by atoms with Gasteiger partial charge in [0.25, 0.3) is 0 Å². The van der Waals surface area contributed by atoms with Gasteiger partial charge in [-0.1, -0.05) is 12.1 Å². The highest BCUT2D eigenvalue weighted by Crippen LogP contribution is 2.28. The zero-order chi connectivity index (χ0) is 22.9. The van der Waals surface area contributed by atoms with E-state index in [1.807, 2.05) is 17.6 Å². The van der Waals surface area contributed by atoms with Crippen LogP contribution < -0.4 is 10.6 Å². The number of rotatable bonds is 5. The van der Waals surface area contributed by atoms with Crippen molar-refractivity contribution in [2.75, 3.05) is 36.9 Å². The van der Waals surface area contributed by atoms with E-state index in [-0.39, 0.29) is 11.5 Å². The number of aromatic carboxylic acids is 1. The monoisotopic (exact) mass is 446 g/mol. The number of nitrogens with zero attached hydrogens (tertiary/aromatic N) is 7. The van der Waals surface area contributed by atoms with Gasteiger partial charge in [0.2, 0.25) is 5.95 Å². The molecule has 0 bridgehead atoms. The van der Waals surface area contributed by atoms with E-state index < -0.39 is 5.97 Å². The minimum Gasteiger partial charge on any atom is -0.478 e. The average Bonchev–Trinajstić information content (AvgIpc) is 3.23. The molecule has 1 fully saturated rings. The number of carbonyl (C=O) groups is 1. The third-order valence-electron chi connectivity index (χ3n) is 5.70. The van der Waals surface area contributed by atoms with Crippen LogP contribution in [0.25, 0.3) is 22.6 Å². The fourth-order valence-corrected chi connectivity index (χ4v) is 3.89. The summed E-state index contributed by atoms with van der Waals surface area (Å²) in [6, 6.07) is 5.26. The maximum absolute atomic E-state index is 11.6. The third kappa shape index (κ3) is 3.94. The summed E-state index contributed by atoms with van der Waals surface area (Å²) in [7, 11) is 0. The number of anilines is 2. The molecule has 11 nitrogen and oxygen atoms in total. The van der Waals surface area contributed by atoms with Gasteiger partial charge in [-0.25, -0.2) is 29.7 Å². The topological polar surface area (TPSA) is 145 Å². The van der Waals surface area contributed by atoms with E-state index in [1.165, 1.54) is 0 Å². The zero-order valence-electron chi connectivity index (χ0n) is 18.0. The minimum absolute atomic E-state index is 0.173. The maximum atomic E-state index is 11.6. The summed E-state index contributed by atoms with van der Waals surface area (Å²) in [5, 5.41) is 9.47. The quantitative estimate of drug-likeness (QED) is 0.465. The third-order valence-corrected chi connectivity index (χ3v) is 5.70. The number of nitrogen functional groups attached to an aromatic ring is 1. The Morgan fingerprint density at radius 3 is 2.64 bits per heavy atom. The Kier molecular flexibility index (Phi) is 5.31. The Morgan fingerprint density at radius 1 is 1.15 bits per heavy atom. The summed E-state index contributed by atoms with van der Waals surface area (Å²) in [6.45, 7) is 4.82. The predicted octanol–water partition coefficient (Wildman–Crippen LogP) is 1.76. The molecule has 3 N–H and O–H groups in total. The summed E-state index contributed by atoms with van der Waals surface area (Å²) >= 11 is 0. The summed E-state index contributed by atoms with van der Waals surface area (Å²) in [4.78, 5) is 36.0. The number of carboxylic acid groups (broad SMARTS) is 1. The number of fused-ring (bicyclic) bond motifs is 1. The Bertz CT molecular complexity index is 1330. The zero-order valence-corrected chi connectivity index (χ0v) is 18.0. The molecular formula is C22H22N8O3. The summed E-state index contributed by atoms with van der Waals surface area (Å²) < 4.78 is 7.40. The molecule has 4 heterocycles. The van der Waals surface area contributed by atoms with Gasteiger partial charge in [-0.15, -0.1) is 0 Å². The van der Waals surface area contributed by atoms with E-state index in [4.69, 9.17) is 20.4 Å². The van der Waals surface area contributed by atoms with Gasteiger partial charge in [0.1, 0.15) is 0 Å². The van der Waals surface area contributed by atoms with Gasteiger partial charge >= 0.3 is 5.97 Å². The molecule has 1 aliphatic rings. The van der Waals surface area contributed by atoms with Gasteiger partial charge in [0.15, 0.2) is 22.8 Å². The molecule has 168 valence electrons. The van der Waals surface area contributed by atoms with E-state index in [1.54, 1.807) is 30.9 Å².